The summed E-state index contributed by atoms with van der Waals surface area (Å²) < 4.78 is 6.12. The third kappa shape index (κ3) is 3.87. The van der Waals surface area contributed by atoms with Crippen molar-refractivity contribution in [3.8, 4) is 0 Å². The third-order valence-corrected chi connectivity index (χ3v) is 8.31. The van der Waals surface area contributed by atoms with E-state index in [9.17, 15) is 0 Å². The van der Waals surface area contributed by atoms with E-state index in [1.165, 1.54) is 22.6 Å². The first-order chi connectivity index (χ1) is 13.0. The second kappa shape index (κ2) is 7.60. The predicted molar refractivity (Wildman–Crippen MR) is 117 cm³/mol. The first-order valence-corrected chi connectivity index (χ1v) is 11.3. The Labute approximate surface area is 164 Å². The van der Waals surface area contributed by atoms with Crippen LogP contribution in [0.4, 0.5) is 0 Å². The number of benzene rings is 2. The molecule has 0 spiro atoms. The number of hydrogen-bond donors (Lipinski definition) is 0. The van der Waals surface area contributed by atoms with Crippen LogP contribution in [0.25, 0.3) is 0 Å². The summed E-state index contributed by atoms with van der Waals surface area (Å²) in [5, 5.41) is 2.87. The van der Waals surface area contributed by atoms with Crippen molar-refractivity contribution in [2.24, 2.45) is 10.4 Å². The molecule has 0 radical (unpaired) electrons. The van der Waals surface area contributed by atoms with Crippen molar-refractivity contribution in [1.82, 2.24) is 0 Å². The fourth-order valence-electron chi connectivity index (χ4n) is 3.85. The Hall–Kier alpha value is -1.92. The topological polar surface area (TPSA) is 21.6 Å². The first kappa shape index (κ1) is 18.4. The van der Waals surface area contributed by atoms with Crippen molar-refractivity contribution < 1.29 is 4.74 Å². The molecule has 4 rings (SSSR count). The highest BCUT2D eigenvalue weighted by molar-refractivity contribution is 7.73. The van der Waals surface area contributed by atoms with E-state index < -0.39 is 7.92 Å². The van der Waals surface area contributed by atoms with Crippen molar-refractivity contribution >= 4 is 24.4 Å². The summed E-state index contributed by atoms with van der Waals surface area (Å²) in [5.74, 6) is 0.900. The predicted octanol–water partition coefficient (Wildman–Crippen LogP) is 5.05. The van der Waals surface area contributed by atoms with E-state index in [-0.39, 0.29) is 11.5 Å². The van der Waals surface area contributed by atoms with Gasteiger partial charge in [0.1, 0.15) is 6.61 Å². The number of nitrogens with zero attached hydrogens (tertiary/aromatic N) is 1. The lowest BCUT2D eigenvalue weighted by Crippen LogP contribution is -2.25. The number of aliphatic imine (C=N–C) groups is 1. The van der Waals surface area contributed by atoms with Crippen LogP contribution in [0.15, 0.2) is 77.3 Å². The summed E-state index contributed by atoms with van der Waals surface area (Å²) in [6.45, 7) is 7.44. The van der Waals surface area contributed by atoms with Crippen LogP contribution >= 0.6 is 7.92 Å². The SMILES string of the molecule is CC(C)(C)[C@@H]1COC(C2=CCCC2P(c2ccccc2)c2ccccc2)=N1. The van der Waals surface area contributed by atoms with Crippen molar-refractivity contribution in [3.63, 3.8) is 0 Å². The Morgan fingerprint density at radius 3 is 2.04 bits per heavy atom. The Balaban J connectivity index is 1.70. The van der Waals surface area contributed by atoms with Crippen LogP contribution in [-0.4, -0.2) is 24.2 Å². The highest BCUT2D eigenvalue weighted by atomic mass is 31.1. The molecule has 1 unspecified atom stereocenters. The van der Waals surface area contributed by atoms with Crippen LogP contribution in [0, 0.1) is 5.41 Å². The molecule has 2 aromatic carbocycles. The van der Waals surface area contributed by atoms with Gasteiger partial charge in [0.05, 0.1) is 6.04 Å². The molecular formula is C24H28NOP. The molecule has 1 aliphatic heterocycles. The van der Waals surface area contributed by atoms with Gasteiger partial charge in [0.25, 0.3) is 0 Å². The lowest BCUT2D eigenvalue weighted by atomic mass is 9.88. The minimum atomic E-state index is -0.479. The molecule has 0 fully saturated rings. The maximum absolute atomic E-state index is 6.12. The van der Waals surface area contributed by atoms with Gasteiger partial charge in [-0.1, -0.05) is 87.5 Å². The molecular weight excluding hydrogens is 349 g/mol. The highest BCUT2D eigenvalue weighted by Crippen LogP contribution is 2.48. The Morgan fingerprint density at radius 1 is 0.926 bits per heavy atom. The van der Waals surface area contributed by atoms with Crippen LogP contribution in [0.5, 0.6) is 0 Å². The molecule has 2 nitrogen and oxygen atoms in total. The molecule has 1 aliphatic carbocycles. The van der Waals surface area contributed by atoms with Gasteiger partial charge in [-0.05, 0) is 36.8 Å². The first-order valence-electron chi connectivity index (χ1n) is 9.84. The van der Waals surface area contributed by atoms with Crippen molar-refractivity contribution in [1.29, 1.82) is 0 Å². The van der Waals surface area contributed by atoms with E-state index in [0.717, 1.165) is 12.3 Å². The van der Waals surface area contributed by atoms with Crippen LogP contribution in [0.1, 0.15) is 33.6 Å². The van der Waals surface area contributed by atoms with Gasteiger partial charge in [-0.15, -0.1) is 0 Å². The molecule has 0 aromatic heterocycles. The van der Waals surface area contributed by atoms with E-state index in [0.29, 0.717) is 12.3 Å². The van der Waals surface area contributed by atoms with Crippen molar-refractivity contribution in [2.75, 3.05) is 6.61 Å². The van der Waals surface area contributed by atoms with Gasteiger partial charge in [0.2, 0.25) is 5.90 Å². The van der Waals surface area contributed by atoms with Gasteiger partial charge in [-0.3, -0.25) is 0 Å². The number of hydrogen-bond acceptors (Lipinski definition) is 2. The summed E-state index contributed by atoms with van der Waals surface area (Å²) in [7, 11) is -0.479. The maximum atomic E-state index is 6.12. The van der Waals surface area contributed by atoms with Gasteiger partial charge in [0, 0.05) is 11.2 Å². The summed E-state index contributed by atoms with van der Waals surface area (Å²) >= 11 is 0. The van der Waals surface area contributed by atoms with Crippen molar-refractivity contribution in [2.45, 2.75) is 45.3 Å². The zero-order chi connectivity index (χ0) is 18.9. The molecule has 27 heavy (non-hydrogen) atoms. The zero-order valence-corrected chi connectivity index (χ0v) is 17.3. The fourth-order valence-corrected chi connectivity index (χ4v) is 6.75. The monoisotopic (exact) mass is 377 g/mol. The lowest BCUT2D eigenvalue weighted by molar-refractivity contribution is 0.235. The molecule has 0 amide bonds. The molecule has 2 aliphatic rings. The van der Waals surface area contributed by atoms with E-state index in [4.69, 9.17) is 9.73 Å². The van der Waals surface area contributed by atoms with Gasteiger partial charge in [0.15, 0.2) is 0 Å². The fraction of sp³-hybridized carbons (Fsp3) is 0.375. The van der Waals surface area contributed by atoms with Gasteiger partial charge in [-0.2, -0.15) is 0 Å². The molecule has 0 saturated heterocycles. The highest BCUT2D eigenvalue weighted by Gasteiger charge is 2.37. The average molecular weight is 377 g/mol. The summed E-state index contributed by atoms with van der Waals surface area (Å²) in [6, 6.07) is 22.2. The minimum Gasteiger partial charge on any atom is -0.475 e. The van der Waals surface area contributed by atoms with Gasteiger partial charge >= 0.3 is 0 Å². The summed E-state index contributed by atoms with van der Waals surface area (Å²) in [5.41, 5.74) is 1.95. The molecule has 0 N–H and O–H groups in total. The number of ether oxygens (including phenoxy) is 1. The van der Waals surface area contributed by atoms with E-state index in [2.05, 4.69) is 87.5 Å². The van der Waals surface area contributed by atoms with E-state index in [1.807, 2.05) is 0 Å². The summed E-state index contributed by atoms with van der Waals surface area (Å²) in [4.78, 5) is 5.00. The molecule has 3 heteroatoms. The second-order valence-corrected chi connectivity index (χ2v) is 10.8. The molecule has 2 aromatic rings. The van der Waals surface area contributed by atoms with Crippen LogP contribution in [0.2, 0.25) is 0 Å². The minimum absolute atomic E-state index is 0.139. The number of rotatable bonds is 4. The third-order valence-electron chi connectivity index (χ3n) is 5.44. The smallest absolute Gasteiger partial charge is 0.212 e. The van der Waals surface area contributed by atoms with Crippen LogP contribution < -0.4 is 10.6 Å². The normalized spacial score (nSPS) is 22.5. The van der Waals surface area contributed by atoms with Crippen LogP contribution in [0.3, 0.4) is 0 Å². The Kier molecular flexibility index (Phi) is 5.19. The summed E-state index contributed by atoms with van der Waals surface area (Å²) in [6.07, 6.45) is 4.66. The molecule has 0 saturated carbocycles. The number of allylic oxidation sites excluding steroid dienone is 1. The maximum Gasteiger partial charge on any atom is 0.212 e. The Bertz CT molecular complexity index is 796. The van der Waals surface area contributed by atoms with Crippen molar-refractivity contribution in [3.05, 3.63) is 72.3 Å². The molecule has 0 bridgehead atoms. The zero-order valence-electron chi connectivity index (χ0n) is 16.4. The second-order valence-electron chi connectivity index (χ2n) is 8.42. The Morgan fingerprint density at radius 2 is 1.52 bits per heavy atom. The lowest BCUT2D eigenvalue weighted by Gasteiger charge is -2.27. The van der Waals surface area contributed by atoms with Gasteiger partial charge in [-0.25, -0.2) is 4.99 Å². The molecule has 140 valence electrons. The van der Waals surface area contributed by atoms with Crippen LogP contribution in [-0.2, 0) is 4.74 Å². The van der Waals surface area contributed by atoms with E-state index in [1.54, 1.807) is 0 Å². The average Bonchev–Trinajstić information content (AvgIpc) is 3.33. The van der Waals surface area contributed by atoms with E-state index >= 15 is 0 Å². The molecule has 1 heterocycles. The largest absolute Gasteiger partial charge is 0.475 e. The quantitative estimate of drug-likeness (QED) is 0.683. The standard InChI is InChI=1S/C24H28NOP/c1-24(2,3)22-17-26-23(25-22)20-15-10-16-21(20)27(18-11-6-4-7-12-18)19-13-8-5-9-14-19/h4-9,11-15,21-22H,10,16-17H2,1-3H3/t21?,22-/m0/s1. The van der Waals surface area contributed by atoms with Gasteiger partial charge < -0.3 is 4.74 Å². The molecule has 2 atom stereocenters.